The van der Waals surface area contributed by atoms with Crippen LogP contribution in [0.15, 0.2) is 77.9 Å². The fourth-order valence-corrected chi connectivity index (χ4v) is 1.80. The van der Waals surface area contributed by atoms with Gasteiger partial charge in [0.2, 0.25) is 7.28 Å². The zero-order chi connectivity index (χ0) is 12.8. The summed E-state index contributed by atoms with van der Waals surface area (Å²) in [7, 11) is 0.915. The van der Waals surface area contributed by atoms with Crippen LogP contribution in [0, 0.1) is 0 Å². The SMILES string of the molecule is C=C(/C=C\C=C/C)/C=C/C1=Nc2ccccc2B1. The topological polar surface area (TPSA) is 12.4 Å². The Morgan fingerprint density at radius 3 is 2.83 bits per heavy atom. The summed E-state index contributed by atoms with van der Waals surface area (Å²) in [6, 6.07) is 8.25. The molecule has 2 heteroatoms. The van der Waals surface area contributed by atoms with Gasteiger partial charge in [0.25, 0.3) is 0 Å². The zero-order valence-corrected chi connectivity index (χ0v) is 10.6. The number of para-hydroxylation sites is 1. The van der Waals surface area contributed by atoms with E-state index in [0.29, 0.717) is 0 Å². The van der Waals surface area contributed by atoms with Gasteiger partial charge >= 0.3 is 0 Å². The summed E-state index contributed by atoms with van der Waals surface area (Å²) >= 11 is 0. The molecule has 0 saturated carbocycles. The van der Waals surface area contributed by atoms with Crippen LogP contribution in [0.25, 0.3) is 0 Å². The molecule has 0 bridgehead atoms. The summed E-state index contributed by atoms with van der Waals surface area (Å²) in [5.74, 6) is 0. The highest BCUT2D eigenvalue weighted by molar-refractivity contribution is 6.90. The molecule has 0 amide bonds. The number of nitrogens with zero attached hydrogens (tertiary/aromatic N) is 1. The van der Waals surface area contributed by atoms with Crippen LogP contribution < -0.4 is 5.46 Å². The molecule has 1 aliphatic heterocycles. The molecule has 0 N–H and O–H groups in total. The van der Waals surface area contributed by atoms with E-state index in [1.165, 1.54) is 5.46 Å². The summed E-state index contributed by atoms with van der Waals surface area (Å²) in [4.78, 5) is 4.57. The predicted molar refractivity (Wildman–Crippen MR) is 82.6 cm³/mol. The minimum Gasteiger partial charge on any atom is -0.264 e. The van der Waals surface area contributed by atoms with Crippen LogP contribution in [0.2, 0.25) is 0 Å². The van der Waals surface area contributed by atoms with Crippen molar-refractivity contribution in [3.63, 3.8) is 0 Å². The van der Waals surface area contributed by atoms with Crippen molar-refractivity contribution in [2.24, 2.45) is 4.99 Å². The number of hydrogen-bond acceptors (Lipinski definition) is 1. The van der Waals surface area contributed by atoms with E-state index in [4.69, 9.17) is 0 Å². The van der Waals surface area contributed by atoms with E-state index in [1.54, 1.807) is 0 Å². The molecule has 1 aromatic carbocycles. The Morgan fingerprint density at radius 2 is 2.06 bits per heavy atom. The van der Waals surface area contributed by atoms with Gasteiger partial charge in [-0.05, 0) is 24.6 Å². The first kappa shape index (κ1) is 12.4. The second kappa shape index (κ2) is 6.01. The molecule has 0 aromatic heterocycles. The van der Waals surface area contributed by atoms with E-state index in [2.05, 4.69) is 29.8 Å². The monoisotopic (exact) mass is 233 g/mol. The maximum Gasteiger partial charge on any atom is 0.219 e. The van der Waals surface area contributed by atoms with Gasteiger partial charge in [-0.25, -0.2) is 0 Å². The Labute approximate surface area is 109 Å². The molecule has 88 valence electrons. The van der Waals surface area contributed by atoms with E-state index >= 15 is 0 Å². The van der Waals surface area contributed by atoms with Crippen molar-refractivity contribution in [3.8, 4) is 0 Å². The van der Waals surface area contributed by atoms with Gasteiger partial charge in [-0.2, -0.15) is 0 Å². The van der Waals surface area contributed by atoms with E-state index in [-0.39, 0.29) is 0 Å². The normalized spacial score (nSPS) is 14.2. The highest BCUT2D eigenvalue weighted by atomic mass is 14.7. The molecule has 0 saturated heterocycles. The van der Waals surface area contributed by atoms with Gasteiger partial charge in [-0.15, -0.1) is 0 Å². The molecule has 0 radical (unpaired) electrons. The van der Waals surface area contributed by atoms with Crippen LogP contribution in [-0.2, 0) is 0 Å². The Bertz CT molecular complexity index is 562. The average molecular weight is 233 g/mol. The number of rotatable bonds is 4. The van der Waals surface area contributed by atoms with Crippen LogP contribution in [0.3, 0.4) is 0 Å². The van der Waals surface area contributed by atoms with Gasteiger partial charge in [0.15, 0.2) is 0 Å². The molecule has 0 unspecified atom stereocenters. The Morgan fingerprint density at radius 1 is 1.22 bits per heavy atom. The van der Waals surface area contributed by atoms with Crippen molar-refractivity contribution in [1.82, 2.24) is 0 Å². The highest BCUT2D eigenvalue weighted by Gasteiger charge is 2.12. The van der Waals surface area contributed by atoms with Crippen molar-refractivity contribution in [3.05, 3.63) is 72.9 Å². The smallest absolute Gasteiger partial charge is 0.219 e. The summed E-state index contributed by atoms with van der Waals surface area (Å²) in [6.45, 7) is 5.97. The first-order valence-electron chi connectivity index (χ1n) is 6.11. The molecular formula is C16H16BN. The number of allylic oxidation sites excluding steroid dienone is 7. The average Bonchev–Trinajstić information content (AvgIpc) is 2.79. The summed E-state index contributed by atoms with van der Waals surface area (Å²) < 4.78 is 0. The lowest BCUT2D eigenvalue weighted by Gasteiger charge is -1.91. The summed E-state index contributed by atoms with van der Waals surface area (Å²) in [6.07, 6.45) is 12.0. The van der Waals surface area contributed by atoms with Crippen LogP contribution in [0.5, 0.6) is 0 Å². The molecule has 1 nitrogen and oxygen atoms in total. The molecule has 18 heavy (non-hydrogen) atoms. The quantitative estimate of drug-likeness (QED) is 0.559. The number of benzene rings is 1. The lowest BCUT2D eigenvalue weighted by atomic mass is 9.67. The molecule has 0 fully saturated rings. The molecular weight excluding hydrogens is 217 g/mol. The minimum atomic E-state index is 0.915. The zero-order valence-electron chi connectivity index (χ0n) is 10.6. The highest BCUT2D eigenvalue weighted by Crippen LogP contribution is 2.13. The Balaban J connectivity index is 1.99. The van der Waals surface area contributed by atoms with Gasteiger partial charge in [-0.1, -0.05) is 60.6 Å². The summed E-state index contributed by atoms with van der Waals surface area (Å²) in [5.41, 5.74) is 4.46. The third kappa shape index (κ3) is 3.20. The van der Waals surface area contributed by atoms with Crippen molar-refractivity contribution >= 4 is 24.0 Å². The van der Waals surface area contributed by atoms with Crippen molar-refractivity contribution < 1.29 is 0 Å². The molecule has 1 heterocycles. The van der Waals surface area contributed by atoms with Gasteiger partial charge in [0.1, 0.15) is 0 Å². The number of aliphatic imine (C=N–C) groups is 1. The molecule has 1 aliphatic rings. The number of hydrogen-bond donors (Lipinski definition) is 0. The van der Waals surface area contributed by atoms with Crippen molar-refractivity contribution in [2.75, 3.05) is 0 Å². The third-order valence-electron chi connectivity index (χ3n) is 2.73. The van der Waals surface area contributed by atoms with Gasteiger partial charge in [-0.3, -0.25) is 4.99 Å². The molecule has 0 aliphatic carbocycles. The number of fused-ring (bicyclic) bond motifs is 1. The van der Waals surface area contributed by atoms with E-state index in [1.807, 2.05) is 49.4 Å². The maximum absolute atomic E-state index is 4.57. The van der Waals surface area contributed by atoms with E-state index in [9.17, 15) is 0 Å². The van der Waals surface area contributed by atoms with Crippen molar-refractivity contribution in [2.45, 2.75) is 6.92 Å². The van der Waals surface area contributed by atoms with Gasteiger partial charge in [0, 0.05) is 5.61 Å². The fourth-order valence-electron chi connectivity index (χ4n) is 1.80. The van der Waals surface area contributed by atoms with E-state index < -0.39 is 0 Å². The van der Waals surface area contributed by atoms with E-state index in [0.717, 1.165) is 24.2 Å². The van der Waals surface area contributed by atoms with Crippen LogP contribution in [0.1, 0.15) is 6.92 Å². The minimum absolute atomic E-state index is 0.915. The molecule has 0 atom stereocenters. The standard InChI is InChI=1S/C16H16BN/c1-3-4-5-8-13(2)11-12-16-17-14-9-6-7-10-15(14)18-16/h3-12,17H,2H2,1H3/b4-3-,8-5-,12-11+. The molecule has 0 spiro atoms. The second-order valence-corrected chi connectivity index (χ2v) is 4.20. The molecule has 1 aromatic rings. The van der Waals surface area contributed by atoms with Gasteiger partial charge < -0.3 is 0 Å². The lowest BCUT2D eigenvalue weighted by molar-refractivity contribution is 1.59. The van der Waals surface area contributed by atoms with Gasteiger partial charge in [0.05, 0.1) is 5.69 Å². The van der Waals surface area contributed by atoms with Crippen LogP contribution >= 0.6 is 0 Å². The van der Waals surface area contributed by atoms with Crippen molar-refractivity contribution in [1.29, 1.82) is 0 Å². The largest absolute Gasteiger partial charge is 0.264 e. The fraction of sp³-hybridized carbons (Fsp3) is 0.0625. The first-order valence-corrected chi connectivity index (χ1v) is 6.11. The van der Waals surface area contributed by atoms with Crippen LogP contribution in [0.4, 0.5) is 5.69 Å². The second-order valence-electron chi connectivity index (χ2n) is 4.20. The Kier molecular flexibility index (Phi) is 4.13. The summed E-state index contributed by atoms with van der Waals surface area (Å²) in [5, 5.41) is 0. The third-order valence-corrected chi connectivity index (χ3v) is 2.73. The molecule has 2 rings (SSSR count). The predicted octanol–water partition coefficient (Wildman–Crippen LogP) is 3.04. The maximum atomic E-state index is 4.57. The Hall–Kier alpha value is -2.09. The first-order chi connectivity index (χ1) is 8.79. The van der Waals surface area contributed by atoms with Crippen LogP contribution in [-0.4, -0.2) is 12.9 Å². The lowest BCUT2D eigenvalue weighted by Crippen LogP contribution is -2.15.